The molecule has 2 N–H and O–H groups in total. The normalized spacial score (nSPS) is 19.7. The van der Waals surface area contributed by atoms with Gasteiger partial charge in [0.25, 0.3) is 0 Å². The fourth-order valence-corrected chi connectivity index (χ4v) is 4.54. The van der Waals surface area contributed by atoms with E-state index in [1.807, 2.05) is 33.8 Å². The number of hydrogen-bond acceptors (Lipinski definition) is 4. The number of phenolic OH excluding ortho intramolecular Hbond substituents is 1. The first-order chi connectivity index (χ1) is 15.0. The molecule has 5 nitrogen and oxygen atoms in total. The molecule has 0 amide bonds. The monoisotopic (exact) mass is 437 g/mol. The third-order valence-corrected chi connectivity index (χ3v) is 6.70. The molecule has 1 aliphatic carbocycles. The Labute approximate surface area is 186 Å². The van der Waals surface area contributed by atoms with Crippen LogP contribution in [0.5, 0.6) is 11.6 Å². The molecule has 1 fully saturated rings. The molecule has 1 heterocycles. The second kappa shape index (κ2) is 7.76. The van der Waals surface area contributed by atoms with Crippen molar-refractivity contribution in [1.82, 2.24) is 4.98 Å². The summed E-state index contributed by atoms with van der Waals surface area (Å²) in [7, 11) is 0. The van der Waals surface area contributed by atoms with Crippen molar-refractivity contribution in [2.45, 2.75) is 53.1 Å². The van der Waals surface area contributed by atoms with E-state index in [2.05, 4.69) is 0 Å². The molecule has 32 heavy (non-hydrogen) atoms. The van der Waals surface area contributed by atoms with Crippen LogP contribution in [0.4, 0.5) is 4.39 Å². The van der Waals surface area contributed by atoms with Crippen LogP contribution in [0.1, 0.15) is 51.3 Å². The second-order valence-electron chi connectivity index (χ2n) is 9.58. The minimum atomic E-state index is -0.824. The Morgan fingerprint density at radius 1 is 1.19 bits per heavy atom. The summed E-state index contributed by atoms with van der Waals surface area (Å²) in [4.78, 5) is 16.4. The highest BCUT2D eigenvalue weighted by molar-refractivity contribution is 6.01. The maximum atomic E-state index is 13.9. The number of halogens is 1. The van der Waals surface area contributed by atoms with Crippen molar-refractivity contribution in [3.05, 3.63) is 53.5 Å². The summed E-state index contributed by atoms with van der Waals surface area (Å²) in [6.07, 6.45) is 0.0980. The van der Waals surface area contributed by atoms with E-state index >= 15 is 0 Å². The van der Waals surface area contributed by atoms with Crippen LogP contribution in [-0.2, 0) is 4.79 Å². The number of nitrogens with zero attached hydrogens (tertiary/aromatic N) is 1. The van der Waals surface area contributed by atoms with Gasteiger partial charge in [0.1, 0.15) is 17.7 Å². The number of aryl methyl sites for hydroxylation is 1. The minimum Gasteiger partial charge on any atom is -0.508 e. The van der Waals surface area contributed by atoms with Crippen LogP contribution in [0.3, 0.4) is 0 Å². The first kappa shape index (κ1) is 22.1. The van der Waals surface area contributed by atoms with Gasteiger partial charge in [0.2, 0.25) is 5.88 Å². The summed E-state index contributed by atoms with van der Waals surface area (Å²) < 4.78 is 20.2. The van der Waals surface area contributed by atoms with E-state index < -0.39 is 17.3 Å². The quantitative estimate of drug-likeness (QED) is 0.507. The molecule has 0 spiro atoms. The maximum absolute atomic E-state index is 13.9. The van der Waals surface area contributed by atoms with Gasteiger partial charge in [-0.3, -0.25) is 4.79 Å². The number of benzene rings is 2. The Hall–Kier alpha value is -3.15. The predicted molar refractivity (Wildman–Crippen MR) is 122 cm³/mol. The average Bonchev–Trinajstić information content (AvgIpc) is 2.71. The fourth-order valence-electron chi connectivity index (χ4n) is 4.54. The summed E-state index contributed by atoms with van der Waals surface area (Å²) in [5.74, 6) is -1.05. The number of pyridine rings is 1. The largest absolute Gasteiger partial charge is 0.508 e. The molecule has 4 rings (SSSR count). The number of rotatable bonds is 5. The molecule has 0 aliphatic heterocycles. The molecule has 1 aliphatic rings. The molecule has 168 valence electrons. The number of aliphatic carboxylic acids is 1. The highest BCUT2D eigenvalue weighted by Crippen LogP contribution is 2.49. The predicted octanol–water partition coefficient (Wildman–Crippen LogP) is 6.06. The van der Waals surface area contributed by atoms with Crippen LogP contribution in [-0.4, -0.2) is 27.3 Å². The summed E-state index contributed by atoms with van der Waals surface area (Å²) in [5, 5.41) is 21.1. The van der Waals surface area contributed by atoms with E-state index in [1.165, 1.54) is 6.07 Å². The van der Waals surface area contributed by atoms with Crippen LogP contribution >= 0.6 is 0 Å². The van der Waals surface area contributed by atoms with Crippen LogP contribution < -0.4 is 4.74 Å². The number of hydrogen-bond donors (Lipinski definition) is 2. The lowest BCUT2D eigenvalue weighted by molar-refractivity contribution is -0.165. The summed E-state index contributed by atoms with van der Waals surface area (Å²) in [5.41, 5.74) is 2.52. The third kappa shape index (κ3) is 3.57. The average molecular weight is 438 g/mol. The third-order valence-electron chi connectivity index (χ3n) is 6.70. The van der Waals surface area contributed by atoms with Gasteiger partial charge >= 0.3 is 5.97 Å². The van der Waals surface area contributed by atoms with Crippen molar-refractivity contribution in [1.29, 1.82) is 0 Å². The molecule has 3 aromatic rings. The number of carbonyl (C=O) groups is 1. The van der Waals surface area contributed by atoms with Gasteiger partial charge in [-0.05, 0) is 66.1 Å². The Bertz CT molecular complexity index is 1220. The number of fused-ring (bicyclic) bond motifs is 1. The fraction of sp³-hybridized carbons (Fsp3) is 0.385. The van der Waals surface area contributed by atoms with Gasteiger partial charge < -0.3 is 14.9 Å². The van der Waals surface area contributed by atoms with E-state index in [4.69, 9.17) is 9.72 Å². The zero-order chi connectivity index (χ0) is 23.4. The first-order valence-corrected chi connectivity index (χ1v) is 10.8. The number of ether oxygens (including phenoxy) is 1. The van der Waals surface area contributed by atoms with Crippen molar-refractivity contribution in [2.24, 2.45) is 11.3 Å². The number of aromatic hydroxyl groups is 1. The van der Waals surface area contributed by atoms with Gasteiger partial charge in [0, 0.05) is 16.4 Å². The Balaban J connectivity index is 1.90. The lowest BCUT2D eigenvalue weighted by Gasteiger charge is -2.48. The molecule has 1 unspecified atom stereocenters. The molecule has 0 bridgehead atoms. The smallest absolute Gasteiger partial charge is 0.307 e. The van der Waals surface area contributed by atoms with Gasteiger partial charge in [0.15, 0.2) is 0 Å². The van der Waals surface area contributed by atoms with Gasteiger partial charge in [-0.1, -0.05) is 33.8 Å². The van der Waals surface area contributed by atoms with Crippen molar-refractivity contribution in [3.8, 4) is 22.8 Å². The molecule has 0 saturated heterocycles. The van der Waals surface area contributed by atoms with Crippen molar-refractivity contribution >= 4 is 16.7 Å². The van der Waals surface area contributed by atoms with E-state index in [9.17, 15) is 19.4 Å². The minimum absolute atomic E-state index is 0.0529. The van der Waals surface area contributed by atoms with E-state index in [1.54, 1.807) is 31.2 Å². The highest BCUT2D eigenvalue weighted by atomic mass is 19.1. The number of aromatic nitrogens is 1. The van der Waals surface area contributed by atoms with E-state index in [0.717, 1.165) is 22.2 Å². The molecular weight excluding hydrogens is 409 g/mol. The van der Waals surface area contributed by atoms with Crippen LogP contribution in [0, 0.1) is 24.1 Å². The highest BCUT2D eigenvalue weighted by Gasteiger charge is 2.54. The topological polar surface area (TPSA) is 79.7 Å². The number of phenols is 1. The Morgan fingerprint density at radius 2 is 1.91 bits per heavy atom. The first-order valence-electron chi connectivity index (χ1n) is 10.8. The number of carboxylic acids is 1. The van der Waals surface area contributed by atoms with Crippen molar-refractivity contribution < 1.29 is 24.1 Å². The lowest BCUT2D eigenvalue weighted by atomic mass is 9.60. The molecule has 1 saturated carbocycles. The molecule has 6 heteroatoms. The maximum Gasteiger partial charge on any atom is 0.307 e. The van der Waals surface area contributed by atoms with Crippen LogP contribution in [0.25, 0.3) is 21.9 Å². The van der Waals surface area contributed by atoms with Gasteiger partial charge in [-0.15, -0.1) is 0 Å². The molecule has 0 radical (unpaired) electrons. The zero-order valence-corrected chi connectivity index (χ0v) is 18.9. The summed E-state index contributed by atoms with van der Waals surface area (Å²) >= 11 is 0. The van der Waals surface area contributed by atoms with Crippen molar-refractivity contribution in [2.75, 3.05) is 0 Å². The van der Waals surface area contributed by atoms with Crippen LogP contribution in [0.15, 0.2) is 36.4 Å². The van der Waals surface area contributed by atoms with Crippen molar-refractivity contribution in [3.63, 3.8) is 0 Å². The molecule has 1 aromatic heterocycles. The standard InChI is InChI=1S/C26H28FNO4/c1-13(2)23-22(15-6-9-20(27)14(3)10-15)17-8-7-16(29)11-18(17)24(28-23)32-21-12-19(25(30)31)26(21,4)5/h6-11,13,19,21,29H,12H2,1-5H3,(H,30,31)/t19-,21?/m1/s1. The second-order valence-corrected chi connectivity index (χ2v) is 9.58. The van der Waals surface area contributed by atoms with Gasteiger partial charge in [-0.2, -0.15) is 0 Å². The molecule has 2 aromatic carbocycles. The van der Waals surface area contributed by atoms with E-state index in [0.29, 0.717) is 23.3 Å². The summed E-state index contributed by atoms with van der Waals surface area (Å²) in [6.45, 7) is 9.57. The van der Waals surface area contributed by atoms with Gasteiger partial charge in [0.05, 0.1) is 11.6 Å². The van der Waals surface area contributed by atoms with Crippen LogP contribution in [0.2, 0.25) is 0 Å². The number of carboxylic acid groups (broad SMARTS) is 1. The Kier molecular flexibility index (Phi) is 5.35. The molecule has 2 atom stereocenters. The zero-order valence-electron chi connectivity index (χ0n) is 18.9. The van der Waals surface area contributed by atoms with E-state index in [-0.39, 0.29) is 23.6 Å². The lowest BCUT2D eigenvalue weighted by Crippen LogP contribution is -2.55. The Morgan fingerprint density at radius 3 is 2.50 bits per heavy atom. The van der Waals surface area contributed by atoms with Gasteiger partial charge in [-0.25, -0.2) is 9.37 Å². The SMILES string of the molecule is Cc1cc(-c2c(C(C)C)nc(OC3C[C@H](C(=O)O)C3(C)C)c3cc(O)ccc23)ccc1F. The summed E-state index contributed by atoms with van der Waals surface area (Å²) in [6, 6.07) is 10.0. The molecular formula is C26H28FNO4.